The molecule has 3 rings (SSSR count). The van der Waals surface area contributed by atoms with Crippen LogP contribution in [0.15, 0.2) is 27.5 Å². The zero-order chi connectivity index (χ0) is 19.6. The molecule has 2 aliphatic heterocycles. The number of anilines is 1. The van der Waals surface area contributed by atoms with Crippen molar-refractivity contribution < 1.29 is 22.7 Å². The third-order valence-corrected chi connectivity index (χ3v) is 6.48. The molecule has 0 unspecified atom stereocenters. The third kappa shape index (κ3) is 4.62. The zero-order valence-electron chi connectivity index (χ0n) is 15.1. The third-order valence-electron chi connectivity index (χ3n) is 4.17. The molecule has 1 amide bonds. The number of carbonyl (C=O) groups excluding carboxylic acids is 2. The van der Waals surface area contributed by atoms with E-state index < -0.39 is 16.0 Å². The first-order valence-electron chi connectivity index (χ1n) is 8.67. The first-order chi connectivity index (χ1) is 12.8. The van der Waals surface area contributed by atoms with Crippen molar-refractivity contribution in [3.8, 4) is 0 Å². The summed E-state index contributed by atoms with van der Waals surface area (Å²) in [6, 6.07) is 5.01. The van der Waals surface area contributed by atoms with Gasteiger partial charge in [0.15, 0.2) is 11.8 Å². The van der Waals surface area contributed by atoms with Crippen molar-refractivity contribution in [2.45, 2.75) is 37.6 Å². The molecule has 0 aliphatic carbocycles. The number of amides is 1. The highest BCUT2D eigenvalue weighted by atomic mass is 32.2. The molecule has 1 aromatic rings. The molecule has 0 saturated carbocycles. The number of hydrogen-bond donors (Lipinski definition) is 1. The Labute approximate surface area is 162 Å². The minimum absolute atomic E-state index is 0.0343. The Morgan fingerprint density at radius 2 is 2.19 bits per heavy atom. The van der Waals surface area contributed by atoms with Gasteiger partial charge in [0.25, 0.3) is 15.9 Å². The van der Waals surface area contributed by atoms with E-state index in [2.05, 4.69) is 9.71 Å². The molecule has 1 N–H and O–H groups in total. The maximum atomic E-state index is 12.2. The number of fused-ring (bicyclic) bond motifs is 3. The SMILES string of the molecule is CCC[C@@H](C)NC(=O)COC(=O)c1ccc2c(c1)SC1=NS(=O)(=O)CCN12. The van der Waals surface area contributed by atoms with Crippen LogP contribution in [0.25, 0.3) is 0 Å². The van der Waals surface area contributed by atoms with Crippen LogP contribution in [0.4, 0.5) is 5.69 Å². The molecule has 0 aromatic heterocycles. The minimum atomic E-state index is -3.42. The number of thioether (sulfide) groups is 1. The van der Waals surface area contributed by atoms with Gasteiger partial charge in [-0.15, -0.1) is 4.40 Å². The minimum Gasteiger partial charge on any atom is -0.452 e. The van der Waals surface area contributed by atoms with Crippen LogP contribution in [0.1, 0.15) is 37.0 Å². The van der Waals surface area contributed by atoms with Crippen LogP contribution in [-0.2, 0) is 19.6 Å². The van der Waals surface area contributed by atoms with Crippen LogP contribution in [0.3, 0.4) is 0 Å². The number of nitrogens with zero attached hydrogens (tertiary/aromatic N) is 2. The molecular weight excluding hydrogens is 390 g/mol. The van der Waals surface area contributed by atoms with Crippen molar-refractivity contribution in [2.24, 2.45) is 4.40 Å². The van der Waals surface area contributed by atoms with Gasteiger partial charge in [-0.05, 0) is 43.3 Å². The summed E-state index contributed by atoms with van der Waals surface area (Å²) >= 11 is 1.20. The maximum Gasteiger partial charge on any atom is 0.338 e. The number of esters is 1. The summed E-state index contributed by atoms with van der Waals surface area (Å²) < 4.78 is 32.1. The predicted octanol–water partition coefficient (Wildman–Crippen LogP) is 1.76. The maximum absolute atomic E-state index is 12.2. The molecule has 0 fully saturated rings. The van der Waals surface area contributed by atoms with E-state index in [1.165, 1.54) is 11.8 Å². The highest BCUT2D eigenvalue weighted by Gasteiger charge is 2.33. The van der Waals surface area contributed by atoms with E-state index in [0.29, 0.717) is 17.3 Å². The van der Waals surface area contributed by atoms with Crippen molar-refractivity contribution in [3.05, 3.63) is 23.8 Å². The summed E-state index contributed by atoms with van der Waals surface area (Å²) in [5, 5.41) is 3.17. The molecule has 8 nitrogen and oxygen atoms in total. The second-order valence-electron chi connectivity index (χ2n) is 6.43. The molecule has 27 heavy (non-hydrogen) atoms. The Balaban J connectivity index is 1.63. The van der Waals surface area contributed by atoms with Crippen LogP contribution < -0.4 is 10.2 Å². The van der Waals surface area contributed by atoms with Crippen molar-refractivity contribution >= 4 is 44.5 Å². The molecule has 0 bridgehead atoms. The molecule has 0 radical (unpaired) electrons. The summed E-state index contributed by atoms with van der Waals surface area (Å²) in [7, 11) is -3.42. The van der Waals surface area contributed by atoms with Gasteiger partial charge in [0.1, 0.15) is 0 Å². The van der Waals surface area contributed by atoms with E-state index in [1.807, 2.05) is 18.7 Å². The summed E-state index contributed by atoms with van der Waals surface area (Å²) in [6.45, 7) is 3.93. The fourth-order valence-corrected chi connectivity index (χ4v) is 5.19. The van der Waals surface area contributed by atoms with Crippen LogP contribution in [0, 0.1) is 0 Å². The first kappa shape index (κ1) is 19.7. The van der Waals surface area contributed by atoms with Crippen molar-refractivity contribution in [1.82, 2.24) is 5.32 Å². The molecule has 146 valence electrons. The zero-order valence-corrected chi connectivity index (χ0v) is 16.7. The van der Waals surface area contributed by atoms with E-state index in [4.69, 9.17) is 4.74 Å². The lowest BCUT2D eigenvalue weighted by Gasteiger charge is -2.22. The lowest BCUT2D eigenvalue weighted by molar-refractivity contribution is -0.124. The summed E-state index contributed by atoms with van der Waals surface area (Å²) in [6.07, 6.45) is 1.81. The summed E-state index contributed by atoms with van der Waals surface area (Å²) in [5.74, 6) is -0.973. The standard InChI is InChI=1S/C17H21N3O5S2/c1-3-4-11(2)18-15(21)10-25-16(22)12-5-6-13-14(9-12)26-17-19-27(23,24)8-7-20(13)17/h5-6,9,11H,3-4,7-8,10H2,1-2H3,(H,18,21)/t11-/m1/s1. The Bertz CT molecular complexity index is 898. The number of sulfonamides is 1. The predicted molar refractivity (Wildman–Crippen MR) is 104 cm³/mol. The van der Waals surface area contributed by atoms with Gasteiger partial charge < -0.3 is 15.0 Å². The van der Waals surface area contributed by atoms with Gasteiger partial charge in [-0.25, -0.2) is 13.2 Å². The number of rotatable bonds is 6. The number of benzene rings is 1. The highest BCUT2D eigenvalue weighted by molar-refractivity contribution is 8.15. The Hall–Kier alpha value is -2.07. The number of amidine groups is 1. The number of ether oxygens (including phenoxy) is 1. The van der Waals surface area contributed by atoms with Gasteiger partial charge in [-0.3, -0.25) is 4.79 Å². The van der Waals surface area contributed by atoms with Crippen LogP contribution in [0.2, 0.25) is 0 Å². The average molecular weight is 412 g/mol. The first-order valence-corrected chi connectivity index (χ1v) is 11.1. The van der Waals surface area contributed by atoms with E-state index in [0.717, 1.165) is 23.4 Å². The quantitative estimate of drug-likeness (QED) is 0.711. The molecule has 10 heteroatoms. The van der Waals surface area contributed by atoms with E-state index in [9.17, 15) is 18.0 Å². The Morgan fingerprint density at radius 3 is 2.93 bits per heavy atom. The highest BCUT2D eigenvalue weighted by Crippen LogP contribution is 2.42. The molecular formula is C17H21N3O5S2. The van der Waals surface area contributed by atoms with Crippen LogP contribution in [-0.4, -0.2) is 50.4 Å². The normalized spacial score (nSPS) is 18.1. The lowest BCUT2D eigenvalue weighted by atomic mass is 10.2. The fourth-order valence-electron chi connectivity index (χ4n) is 2.89. The lowest BCUT2D eigenvalue weighted by Crippen LogP contribution is -2.35. The Morgan fingerprint density at radius 1 is 1.41 bits per heavy atom. The fraction of sp³-hybridized carbons (Fsp3) is 0.471. The topological polar surface area (TPSA) is 105 Å². The second-order valence-corrected chi connectivity index (χ2v) is 9.19. The number of hydrogen-bond acceptors (Lipinski definition) is 7. The summed E-state index contributed by atoms with van der Waals surface area (Å²) in [4.78, 5) is 26.6. The summed E-state index contributed by atoms with van der Waals surface area (Å²) in [5.41, 5.74) is 1.12. The van der Waals surface area contributed by atoms with Crippen molar-refractivity contribution in [3.63, 3.8) is 0 Å². The molecule has 1 atom stereocenters. The van der Waals surface area contributed by atoms with Crippen molar-refractivity contribution in [1.29, 1.82) is 0 Å². The molecule has 1 aromatic carbocycles. The average Bonchev–Trinajstić information content (AvgIpc) is 2.94. The smallest absolute Gasteiger partial charge is 0.338 e. The Kier molecular flexibility index (Phi) is 5.75. The van der Waals surface area contributed by atoms with Gasteiger partial charge in [0.05, 0.1) is 17.0 Å². The van der Waals surface area contributed by atoms with E-state index >= 15 is 0 Å². The largest absolute Gasteiger partial charge is 0.452 e. The van der Waals surface area contributed by atoms with Crippen LogP contribution >= 0.6 is 11.8 Å². The van der Waals surface area contributed by atoms with E-state index in [1.54, 1.807) is 18.2 Å². The van der Waals surface area contributed by atoms with Gasteiger partial charge in [-0.2, -0.15) is 0 Å². The number of nitrogens with one attached hydrogen (secondary N) is 1. The molecule has 2 heterocycles. The molecule has 0 spiro atoms. The van der Waals surface area contributed by atoms with Gasteiger partial charge in [-0.1, -0.05) is 13.3 Å². The molecule has 2 aliphatic rings. The number of carbonyl (C=O) groups is 2. The van der Waals surface area contributed by atoms with Crippen molar-refractivity contribution in [2.75, 3.05) is 23.8 Å². The molecule has 0 saturated heterocycles. The van der Waals surface area contributed by atoms with Gasteiger partial charge in [0.2, 0.25) is 0 Å². The second kappa shape index (κ2) is 7.89. The van der Waals surface area contributed by atoms with E-state index in [-0.39, 0.29) is 24.3 Å². The van der Waals surface area contributed by atoms with Gasteiger partial charge in [0, 0.05) is 17.5 Å². The van der Waals surface area contributed by atoms with Gasteiger partial charge >= 0.3 is 5.97 Å². The monoisotopic (exact) mass is 411 g/mol. The van der Waals surface area contributed by atoms with Crippen LogP contribution in [0.5, 0.6) is 0 Å².